The fourth-order valence-electron chi connectivity index (χ4n) is 2.52. The number of hydrogen-bond acceptors (Lipinski definition) is 2. The van der Waals surface area contributed by atoms with Crippen LogP contribution in [0.4, 0.5) is 10.5 Å². The Labute approximate surface area is 134 Å². The predicted octanol–water partition coefficient (Wildman–Crippen LogP) is 4.13. The van der Waals surface area contributed by atoms with Gasteiger partial charge in [0.25, 0.3) is 0 Å². The Kier molecular flexibility index (Phi) is 7.96. The standard InChI is InChI=1S/C18H30N2O2/c1-5-6-7-11-20(12-13-21)18(22)19-17-15(4)9-8-10-16(17)14(2)3/h8-10,14,21H,5-7,11-13H2,1-4H3,(H,19,22). The Morgan fingerprint density at radius 2 is 2.00 bits per heavy atom. The summed E-state index contributed by atoms with van der Waals surface area (Å²) >= 11 is 0. The van der Waals surface area contributed by atoms with E-state index in [9.17, 15) is 9.90 Å². The van der Waals surface area contributed by atoms with Gasteiger partial charge in [0.15, 0.2) is 0 Å². The monoisotopic (exact) mass is 306 g/mol. The van der Waals surface area contributed by atoms with E-state index in [-0.39, 0.29) is 12.6 Å². The fraction of sp³-hybridized carbons (Fsp3) is 0.611. The summed E-state index contributed by atoms with van der Waals surface area (Å²) in [6.07, 6.45) is 3.18. The van der Waals surface area contributed by atoms with E-state index in [1.165, 1.54) is 0 Å². The molecule has 0 spiro atoms. The van der Waals surface area contributed by atoms with Crippen molar-refractivity contribution in [2.24, 2.45) is 0 Å². The second-order valence-corrected chi connectivity index (χ2v) is 6.04. The molecule has 4 nitrogen and oxygen atoms in total. The highest BCUT2D eigenvalue weighted by molar-refractivity contribution is 5.91. The molecule has 0 atom stereocenters. The smallest absolute Gasteiger partial charge is 0.321 e. The van der Waals surface area contributed by atoms with Crippen LogP contribution in [0.15, 0.2) is 18.2 Å². The van der Waals surface area contributed by atoms with E-state index in [4.69, 9.17) is 0 Å². The molecular weight excluding hydrogens is 276 g/mol. The number of nitrogens with zero attached hydrogens (tertiary/aromatic N) is 1. The molecule has 0 aliphatic carbocycles. The lowest BCUT2D eigenvalue weighted by atomic mass is 9.98. The second-order valence-electron chi connectivity index (χ2n) is 6.04. The van der Waals surface area contributed by atoms with Gasteiger partial charge in [-0.2, -0.15) is 0 Å². The van der Waals surface area contributed by atoms with Crippen molar-refractivity contribution >= 4 is 11.7 Å². The maximum Gasteiger partial charge on any atom is 0.321 e. The second kappa shape index (κ2) is 9.46. The van der Waals surface area contributed by atoms with Crippen LogP contribution in [0.1, 0.15) is 57.1 Å². The van der Waals surface area contributed by atoms with Crippen LogP contribution in [0.3, 0.4) is 0 Å². The zero-order valence-corrected chi connectivity index (χ0v) is 14.4. The molecule has 1 aromatic rings. The van der Waals surface area contributed by atoms with E-state index in [1.54, 1.807) is 4.90 Å². The van der Waals surface area contributed by atoms with Gasteiger partial charge < -0.3 is 15.3 Å². The van der Waals surface area contributed by atoms with Gasteiger partial charge in [-0.05, 0) is 30.4 Å². The summed E-state index contributed by atoms with van der Waals surface area (Å²) in [5.74, 6) is 0.349. The van der Waals surface area contributed by atoms with E-state index in [1.807, 2.05) is 19.1 Å². The zero-order chi connectivity index (χ0) is 16.5. The molecule has 0 aliphatic heterocycles. The third kappa shape index (κ3) is 5.34. The molecule has 124 valence electrons. The highest BCUT2D eigenvalue weighted by Gasteiger charge is 2.16. The molecular formula is C18H30N2O2. The summed E-state index contributed by atoms with van der Waals surface area (Å²) < 4.78 is 0. The van der Waals surface area contributed by atoms with Gasteiger partial charge in [-0.1, -0.05) is 51.8 Å². The summed E-state index contributed by atoms with van der Waals surface area (Å²) in [4.78, 5) is 14.2. The van der Waals surface area contributed by atoms with Crippen LogP contribution in [-0.2, 0) is 0 Å². The van der Waals surface area contributed by atoms with Crippen LogP contribution in [0.2, 0.25) is 0 Å². The topological polar surface area (TPSA) is 52.6 Å². The van der Waals surface area contributed by atoms with Gasteiger partial charge in [0.05, 0.1) is 6.61 Å². The number of para-hydroxylation sites is 1. The van der Waals surface area contributed by atoms with E-state index < -0.39 is 0 Å². The van der Waals surface area contributed by atoms with Crippen LogP contribution >= 0.6 is 0 Å². The number of benzene rings is 1. The lowest BCUT2D eigenvalue weighted by Gasteiger charge is -2.24. The number of urea groups is 1. The Morgan fingerprint density at radius 1 is 1.27 bits per heavy atom. The Hall–Kier alpha value is -1.55. The number of aliphatic hydroxyl groups excluding tert-OH is 1. The summed E-state index contributed by atoms with van der Waals surface area (Å²) in [6.45, 7) is 9.44. The summed E-state index contributed by atoms with van der Waals surface area (Å²) in [5.41, 5.74) is 3.11. The number of nitrogens with one attached hydrogen (secondary N) is 1. The summed E-state index contributed by atoms with van der Waals surface area (Å²) in [7, 11) is 0. The van der Waals surface area contributed by atoms with Crippen molar-refractivity contribution in [2.75, 3.05) is 25.0 Å². The number of rotatable bonds is 8. The predicted molar refractivity (Wildman–Crippen MR) is 92.5 cm³/mol. The van der Waals surface area contributed by atoms with Crippen molar-refractivity contribution < 1.29 is 9.90 Å². The number of aryl methyl sites for hydroxylation is 1. The third-order valence-corrected chi connectivity index (χ3v) is 3.85. The van der Waals surface area contributed by atoms with Crippen molar-refractivity contribution in [2.45, 2.75) is 52.9 Å². The molecule has 2 N–H and O–H groups in total. The number of amides is 2. The van der Waals surface area contributed by atoms with E-state index in [0.29, 0.717) is 19.0 Å². The van der Waals surface area contributed by atoms with Gasteiger partial charge in [-0.25, -0.2) is 4.79 Å². The number of anilines is 1. The van der Waals surface area contributed by atoms with Gasteiger partial charge in [0.2, 0.25) is 0 Å². The zero-order valence-electron chi connectivity index (χ0n) is 14.4. The van der Waals surface area contributed by atoms with Gasteiger partial charge in [0.1, 0.15) is 0 Å². The minimum absolute atomic E-state index is 0.00957. The largest absolute Gasteiger partial charge is 0.395 e. The highest BCUT2D eigenvalue weighted by atomic mass is 16.3. The van der Waals surface area contributed by atoms with Crippen molar-refractivity contribution in [3.63, 3.8) is 0 Å². The maximum atomic E-state index is 12.5. The lowest BCUT2D eigenvalue weighted by molar-refractivity contribution is 0.187. The molecule has 0 saturated heterocycles. The fourth-order valence-corrected chi connectivity index (χ4v) is 2.52. The first-order chi connectivity index (χ1) is 10.5. The van der Waals surface area contributed by atoms with E-state index >= 15 is 0 Å². The number of carbonyl (C=O) groups is 1. The van der Waals surface area contributed by atoms with Crippen molar-refractivity contribution in [1.29, 1.82) is 0 Å². The maximum absolute atomic E-state index is 12.5. The van der Waals surface area contributed by atoms with Crippen LogP contribution < -0.4 is 5.32 Å². The SMILES string of the molecule is CCCCCN(CCO)C(=O)Nc1c(C)cccc1C(C)C. The molecule has 0 saturated carbocycles. The molecule has 1 rings (SSSR count). The van der Waals surface area contributed by atoms with Crippen molar-refractivity contribution in [1.82, 2.24) is 4.90 Å². The molecule has 0 bridgehead atoms. The molecule has 0 unspecified atom stereocenters. The van der Waals surface area contributed by atoms with Gasteiger partial charge in [-0.15, -0.1) is 0 Å². The van der Waals surface area contributed by atoms with Crippen molar-refractivity contribution in [3.05, 3.63) is 29.3 Å². The van der Waals surface area contributed by atoms with E-state index in [0.717, 1.165) is 36.1 Å². The normalized spacial score (nSPS) is 10.8. The molecule has 22 heavy (non-hydrogen) atoms. The number of aliphatic hydroxyl groups is 1. The van der Waals surface area contributed by atoms with Crippen LogP contribution in [0.5, 0.6) is 0 Å². The van der Waals surface area contributed by atoms with Gasteiger partial charge in [-0.3, -0.25) is 0 Å². The number of hydrogen-bond donors (Lipinski definition) is 2. The highest BCUT2D eigenvalue weighted by Crippen LogP contribution is 2.27. The molecule has 0 fully saturated rings. The summed E-state index contributed by atoms with van der Waals surface area (Å²) in [6, 6.07) is 5.96. The van der Waals surface area contributed by atoms with Crippen LogP contribution in [0.25, 0.3) is 0 Å². The number of unbranched alkanes of at least 4 members (excludes halogenated alkanes) is 2. The van der Waals surface area contributed by atoms with E-state index in [2.05, 4.69) is 32.2 Å². The lowest BCUT2D eigenvalue weighted by Crippen LogP contribution is -2.38. The molecule has 1 aromatic carbocycles. The quantitative estimate of drug-likeness (QED) is 0.709. The van der Waals surface area contributed by atoms with Crippen LogP contribution in [-0.4, -0.2) is 35.7 Å². The van der Waals surface area contributed by atoms with Gasteiger partial charge in [0, 0.05) is 18.8 Å². The Bertz CT molecular complexity index is 472. The van der Waals surface area contributed by atoms with Crippen LogP contribution in [0, 0.1) is 6.92 Å². The molecule has 0 heterocycles. The third-order valence-electron chi connectivity index (χ3n) is 3.85. The molecule has 4 heteroatoms. The average Bonchev–Trinajstić information content (AvgIpc) is 2.48. The first-order valence-electron chi connectivity index (χ1n) is 8.27. The molecule has 2 amide bonds. The first-order valence-corrected chi connectivity index (χ1v) is 8.27. The Balaban J connectivity index is 2.84. The van der Waals surface area contributed by atoms with Gasteiger partial charge >= 0.3 is 6.03 Å². The average molecular weight is 306 g/mol. The first kappa shape index (κ1) is 18.5. The summed E-state index contributed by atoms with van der Waals surface area (Å²) in [5, 5.41) is 12.2. The molecule has 0 radical (unpaired) electrons. The molecule has 0 aromatic heterocycles. The number of carbonyl (C=O) groups excluding carboxylic acids is 1. The molecule has 0 aliphatic rings. The van der Waals surface area contributed by atoms with Crippen molar-refractivity contribution in [3.8, 4) is 0 Å². The Morgan fingerprint density at radius 3 is 2.59 bits per heavy atom. The minimum atomic E-state index is -0.124. The minimum Gasteiger partial charge on any atom is -0.395 e.